The quantitative estimate of drug-likeness (QED) is 0.837. The van der Waals surface area contributed by atoms with Gasteiger partial charge in [-0.15, -0.1) is 10.2 Å². The van der Waals surface area contributed by atoms with Crippen molar-refractivity contribution in [3.8, 4) is 11.5 Å². The van der Waals surface area contributed by atoms with Gasteiger partial charge in [0, 0.05) is 44.4 Å². The molecular weight excluding hydrogens is 294 g/mol. The second-order valence-electron chi connectivity index (χ2n) is 6.21. The van der Waals surface area contributed by atoms with Crippen molar-refractivity contribution in [3.05, 3.63) is 11.3 Å². The van der Waals surface area contributed by atoms with Gasteiger partial charge in [-0.25, -0.2) is 0 Å². The number of H-pyrrole nitrogens is 1. The summed E-state index contributed by atoms with van der Waals surface area (Å²) in [5, 5.41) is 19.3. The third-order valence-corrected chi connectivity index (χ3v) is 4.72. The standard InChI is InChI=1S/C15H21N7O/c1-21-14(13-10-4-2-3-5-11(10)17-18-13)19-20-15(21)22-8-6-12(23)16-7-9-22/h2-9H2,1H3,(H,16,23)(H,17,18). The monoisotopic (exact) mass is 315 g/mol. The fraction of sp³-hybridized carbons (Fsp3) is 0.600. The Morgan fingerprint density at radius 2 is 1.96 bits per heavy atom. The van der Waals surface area contributed by atoms with Crippen LogP contribution in [0.5, 0.6) is 0 Å². The molecule has 0 spiro atoms. The Morgan fingerprint density at radius 1 is 1.09 bits per heavy atom. The van der Waals surface area contributed by atoms with E-state index in [0.29, 0.717) is 19.5 Å². The van der Waals surface area contributed by atoms with E-state index in [1.165, 1.54) is 24.1 Å². The number of fused-ring (bicyclic) bond motifs is 1. The minimum absolute atomic E-state index is 0.0938. The largest absolute Gasteiger partial charge is 0.354 e. The van der Waals surface area contributed by atoms with Gasteiger partial charge < -0.3 is 10.2 Å². The molecule has 0 radical (unpaired) electrons. The predicted molar refractivity (Wildman–Crippen MR) is 85.1 cm³/mol. The third kappa shape index (κ3) is 2.47. The molecule has 4 rings (SSSR count). The number of hydrogen-bond acceptors (Lipinski definition) is 5. The van der Waals surface area contributed by atoms with Crippen molar-refractivity contribution >= 4 is 11.9 Å². The molecule has 8 heteroatoms. The lowest BCUT2D eigenvalue weighted by Crippen LogP contribution is -2.30. The minimum Gasteiger partial charge on any atom is -0.354 e. The van der Waals surface area contributed by atoms with E-state index in [-0.39, 0.29) is 5.91 Å². The van der Waals surface area contributed by atoms with Crippen molar-refractivity contribution in [2.24, 2.45) is 7.05 Å². The highest BCUT2D eigenvalue weighted by atomic mass is 16.1. The maximum absolute atomic E-state index is 11.5. The van der Waals surface area contributed by atoms with Gasteiger partial charge in [-0.1, -0.05) is 0 Å². The van der Waals surface area contributed by atoms with E-state index in [4.69, 9.17) is 0 Å². The SMILES string of the molecule is Cn1c(-c2n[nH]c3c2CCCC3)nnc1N1CCNC(=O)CC1. The number of carbonyl (C=O) groups is 1. The van der Waals surface area contributed by atoms with Gasteiger partial charge in [-0.05, 0) is 25.7 Å². The first-order valence-electron chi connectivity index (χ1n) is 8.21. The molecule has 2 aromatic rings. The minimum atomic E-state index is 0.0938. The molecule has 8 nitrogen and oxygen atoms in total. The number of anilines is 1. The van der Waals surface area contributed by atoms with Crippen LogP contribution in [0.3, 0.4) is 0 Å². The molecule has 3 heterocycles. The molecule has 2 aromatic heterocycles. The number of aromatic nitrogens is 5. The molecule has 0 aromatic carbocycles. The van der Waals surface area contributed by atoms with Crippen molar-refractivity contribution < 1.29 is 4.79 Å². The molecular formula is C15H21N7O. The van der Waals surface area contributed by atoms with Gasteiger partial charge >= 0.3 is 0 Å². The Labute approximate surface area is 134 Å². The molecule has 2 N–H and O–H groups in total. The second-order valence-corrected chi connectivity index (χ2v) is 6.21. The third-order valence-electron chi connectivity index (χ3n) is 4.72. The number of carbonyl (C=O) groups excluding carboxylic acids is 1. The maximum Gasteiger partial charge on any atom is 0.227 e. The van der Waals surface area contributed by atoms with Crippen LogP contribution >= 0.6 is 0 Å². The van der Waals surface area contributed by atoms with Crippen LogP contribution in [-0.2, 0) is 24.7 Å². The smallest absolute Gasteiger partial charge is 0.227 e. The average molecular weight is 315 g/mol. The van der Waals surface area contributed by atoms with E-state index >= 15 is 0 Å². The van der Waals surface area contributed by atoms with Gasteiger partial charge in [-0.3, -0.25) is 14.5 Å². The molecule has 122 valence electrons. The molecule has 0 bridgehead atoms. The summed E-state index contributed by atoms with van der Waals surface area (Å²) in [4.78, 5) is 13.6. The van der Waals surface area contributed by atoms with Crippen LogP contribution in [0.25, 0.3) is 11.5 Å². The van der Waals surface area contributed by atoms with Crippen molar-refractivity contribution in [3.63, 3.8) is 0 Å². The van der Waals surface area contributed by atoms with Crippen molar-refractivity contribution in [2.45, 2.75) is 32.1 Å². The summed E-state index contributed by atoms with van der Waals surface area (Å²) in [5.74, 6) is 1.68. The van der Waals surface area contributed by atoms with Gasteiger partial charge in [-0.2, -0.15) is 5.10 Å². The molecule has 0 unspecified atom stereocenters. The van der Waals surface area contributed by atoms with Crippen LogP contribution in [0.2, 0.25) is 0 Å². The molecule has 0 atom stereocenters. The first-order valence-corrected chi connectivity index (χ1v) is 8.21. The van der Waals surface area contributed by atoms with Crippen LogP contribution in [0.1, 0.15) is 30.5 Å². The van der Waals surface area contributed by atoms with E-state index in [1.54, 1.807) is 0 Å². The molecule has 1 aliphatic carbocycles. The lowest BCUT2D eigenvalue weighted by molar-refractivity contribution is -0.120. The Bertz CT molecular complexity index is 732. The molecule has 1 aliphatic heterocycles. The zero-order chi connectivity index (χ0) is 15.8. The Hall–Kier alpha value is -2.38. The zero-order valence-electron chi connectivity index (χ0n) is 13.3. The summed E-state index contributed by atoms with van der Waals surface area (Å²) in [7, 11) is 1.97. The van der Waals surface area contributed by atoms with Gasteiger partial charge in [0.2, 0.25) is 11.9 Å². The molecule has 23 heavy (non-hydrogen) atoms. The summed E-state index contributed by atoms with van der Waals surface area (Å²) in [6.45, 7) is 2.05. The summed E-state index contributed by atoms with van der Waals surface area (Å²) in [6.07, 6.45) is 5.01. The van der Waals surface area contributed by atoms with E-state index in [9.17, 15) is 4.79 Å². The van der Waals surface area contributed by atoms with Crippen molar-refractivity contribution in [1.82, 2.24) is 30.3 Å². The molecule has 1 amide bonds. The fourth-order valence-corrected chi connectivity index (χ4v) is 3.44. The predicted octanol–water partition coefficient (Wildman–Crippen LogP) is 0.410. The van der Waals surface area contributed by atoms with Crippen molar-refractivity contribution in [1.29, 1.82) is 0 Å². The number of nitrogens with one attached hydrogen (secondary N) is 2. The highest BCUT2D eigenvalue weighted by Crippen LogP contribution is 2.29. The highest BCUT2D eigenvalue weighted by Gasteiger charge is 2.24. The molecule has 1 fully saturated rings. The summed E-state index contributed by atoms with van der Waals surface area (Å²) < 4.78 is 1.99. The summed E-state index contributed by atoms with van der Waals surface area (Å²) in [5.41, 5.74) is 3.44. The molecule has 1 saturated heterocycles. The molecule has 0 saturated carbocycles. The number of hydrogen-bond donors (Lipinski definition) is 2. The summed E-state index contributed by atoms with van der Waals surface area (Å²) >= 11 is 0. The van der Waals surface area contributed by atoms with Crippen LogP contribution in [0, 0.1) is 0 Å². The number of nitrogens with zero attached hydrogens (tertiary/aromatic N) is 5. The van der Waals surface area contributed by atoms with E-state index < -0.39 is 0 Å². The van der Waals surface area contributed by atoms with E-state index in [1.807, 2.05) is 11.6 Å². The van der Waals surface area contributed by atoms with Gasteiger partial charge in [0.25, 0.3) is 0 Å². The maximum atomic E-state index is 11.5. The van der Waals surface area contributed by atoms with E-state index in [0.717, 1.165) is 36.9 Å². The van der Waals surface area contributed by atoms with Gasteiger partial charge in [0.1, 0.15) is 5.69 Å². The number of aryl methyl sites for hydroxylation is 1. The van der Waals surface area contributed by atoms with Crippen LogP contribution in [0.4, 0.5) is 5.95 Å². The highest BCUT2D eigenvalue weighted by molar-refractivity contribution is 5.77. The zero-order valence-corrected chi connectivity index (χ0v) is 13.3. The van der Waals surface area contributed by atoms with E-state index in [2.05, 4.69) is 30.6 Å². The number of amides is 1. The normalized spacial score (nSPS) is 18.5. The Kier molecular flexibility index (Phi) is 3.51. The van der Waals surface area contributed by atoms with Gasteiger partial charge in [0.15, 0.2) is 5.82 Å². The van der Waals surface area contributed by atoms with Crippen LogP contribution in [-0.4, -0.2) is 50.5 Å². The Morgan fingerprint density at radius 3 is 2.87 bits per heavy atom. The first-order chi connectivity index (χ1) is 11.2. The fourth-order valence-electron chi connectivity index (χ4n) is 3.44. The Balaban J connectivity index is 1.66. The van der Waals surface area contributed by atoms with Gasteiger partial charge in [0.05, 0.1) is 0 Å². The lowest BCUT2D eigenvalue weighted by Gasteiger charge is -2.20. The lowest BCUT2D eigenvalue weighted by atomic mass is 9.96. The first kappa shape index (κ1) is 14.2. The van der Waals surface area contributed by atoms with Crippen molar-refractivity contribution in [2.75, 3.05) is 24.5 Å². The van der Waals surface area contributed by atoms with Crippen LogP contribution in [0.15, 0.2) is 0 Å². The molecule has 2 aliphatic rings. The average Bonchev–Trinajstić information content (AvgIpc) is 3.07. The number of rotatable bonds is 2. The van der Waals surface area contributed by atoms with Crippen LogP contribution < -0.4 is 10.2 Å². The topological polar surface area (TPSA) is 91.7 Å². The second kappa shape index (κ2) is 5.68. The summed E-state index contributed by atoms with van der Waals surface area (Å²) in [6, 6.07) is 0. The number of aromatic amines is 1.